The van der Waals surface area contributed by atoms with Crippen molar-refractivity contribution in [3.63, 3.8) is 0 Å². The Kier molecular flexibility index (Phi) is 3.83. The van der Waals surface area contributed by atoms with Crippen molar-refractivity contribution in [2.45, 2.75) is 31.7 Å². The Morgan fingerprint density at radius 2 is 2.25 bits per heavy atom. The lowest BCUT2D eigenvalue weighted by molar-refractivity contribution is 0.409. The van der Waals surface area contributed by atoms with Crippen molar-refractivity contribution in [3.8, 4) is 5.75 Å². The molecule has 1 aromatic carbocycles. The Bertz CT molecular complexity index is 337. The highest BCUT2D eigenvalue weighted by Crippen LogP contribution is 2.29. The molecule has 0 bridgehead atoms. The van der Waals surface area contributed by atoms with Crippen LogP contribution in [0.5, 0.6) is 5.75 Å². The predicted molar refractivity (Wildman–Crippen MR) is 66.9 cm³/mol. The number of benzene rings is 1. The normalized spacial score (nSPS) is 24.6. The molecule has 1 N–H and O–H groups in total. The molecular formula is C14H21NO. The summed E-state index contributed by atoms with van der Waals surface area (Å²) in [7, 11) is 3.81. The van der Waals surface area contributed by atoms with Crippen LogP contribution in [0.3, 0.4) is 0 Å². The summed E-state index contributed by atoms with van der Waals surface area (Å²) in [5.74, 6) is 1.76. The van der Waals surface area contributed by atoms with Crippen molar-refractivity contribution < 1.29 is 4.74 Å². The molecule has 0 aliphatic heterocycles. The van der Waals surface area contributed by atoms with E-state index in [-0.39, 0.29) is 0 Å². The second-order valence-electron chi connectivity index (χ2n) is 4.64. The molecule has 2 rings (SSSR count). The molecule has 88 valence electrons. The van der Waals surface area contributed by atoms with Gasteiger partial charge in [0.1, 0.15) is 5.75 Å². The van der Waals surface area contributed by atoms with Gasteiger partial charge < -0.3 is 10.1 Å². The summed E-state index contributed by atoms with van der Waals surface area (Å²) in [6.45, 7) is 0. The van der Waals surface area contributed by atoms with Crippen LogP contribution < -0.4 is 10.1 Å². The number of rotatable bonds is 4. The van der Waals surface area contributed by atoms with Crippen molar-refractivity contribution in [2.75, 3.05) is 14.2 Å². The van der Waals surface area contributed by atoms with Gasteiger partial charge in [-0.05, 0) is 49.9 Å². The quantitative estimate of drug-likeness (QED) is 0.840. The molecule has 2 unspecified atom stereocenters. The van der Waals surface area contributed by atoms with Gasteiger partial charge in [0.2, 0.25) is 0 Å². The highest BCUT2D eigenvalue weighted by molar-refractivity contribution is 5.28. The summed E-state index contributed by atoms with van der Waals surface area (Å²) >= 11 is 0. The minimum atomic E-state index is 0.700. The van der Waals surface area contributed by atoms with Crippen molar-refractivity contribution >= 4 is 0 Å². The van der Waals surface area contributed by atoms with Gasteiger partial charge in [-0.1, -0.05) is 18.6 Å². The minimum Gasteiger partial charge on any atom is -0.497 e. The first-order chi connectivity index (χ1) is 7.83. The molecular weight excluding hydrogens is 198 g/mol. The van der Waals surface area contributed by atoms with E-state index in [0.717, 1.165) is 11.7 Å². The summed E-state index contributed by atoms with van der Waals surface area (Å²) in [5, 5.41) is 3.43. The van der Waals surface area contributed by atoms with Crippen molar-refractivity contribution in [3.05, 3.63) is 29.8 Å². The highest BCUT2D eigenvalue weighted by Gasteiger charge is 2.25. The lowest BCUT2D eigenvalue weighted by atomic mass is 9.94. The van der Waals surface area contributed by atoms with Gasteiger partial charge in [0.15, 0.2) is 0 Å². The van der Waals surface area contributed by atoms with E-state index < -0.39 is 0 Å². The third-order valence-corrected chi connectivity index (χ3v) is 3.66. The standard InChI is InChI=1S/C14H21NO/c1-15-14-8-4-6-12(14)9-11-5-3-7-13(10-11)16-2/h3,5,7,10,12,14-15H,4,6,8-9H2,1-2H3. The average molecular weight is 219 g/mol. The van der Waals surface area contributed by atoms with E-state index in [1.807, 2.05) is 6.07 Å². The van der Waals surface area contributed by atoms with E-state index in [1.54, 1.807) is 7.11 Å². The van der Waals surface area contributed by atoms with Gasteiger partial charge in [-0.15, -0.1) is 0 Å². The molecule has 1 fully saturated rings. The van der Waals surface area contributed by atoms with E-state index in [1.165, 1.54) is 31.2 Å². The summed E-state index contributed by atoms with van der Waals surface area (Å²) in [6, 6.07) is 9.15. The monoisotopic (exact) mass is 219 g/mol. The van der Waals surface area contributed by atoms with Gasteiger partial charge in [-0.25, -0.2) is 0 Å². The van der Waals surface area contributed by atoms with Crippen LogP contribution >= 0.6 is 0 Å². The number of hydrogen-bond acceptors (Lipinski definition) is 2. The van der Waals surface area contributed by atoms with Gasteiger partial charge in [0.05, 0.1) is 7.11 Å². The zero-order chi connectivity index (χ0) is 11.4. The molecule has 0 spiro atoms. The van der Waals surface area contributed by atoms with E-state index in [2.05, 4.69) is 30.6 Å². The molecule has 0 radical (unpaired) electrons. The molecule has 2 heteroatoms. The van der Waals surface area contributed by atoms with Crippen LogP contribution in [-0.4, -0.2) is 20.2 Å². The second kappa shape index (κ2) is 5.35. The second-order valence-corrected chi connectivity index (χ2v) is 4.64. The first-order valence-electron chi connectivity index (χ1n) is 6.13. The zero-order valence-corrected chi connectivity index (χ0v) is 10.2. The first-order valence-corrected chi connectivity index (χ1v) is 6.13. The van der Waals surface area contributed by atoms with Crippen molar-refractivity contribution in [1.82, 2.24) is 5.32 Å². The number of methoxy groups -OCH3 is 1. The van der Waals surface area contributed by atoms with Gasteiger partial charge >= 0.3 is 0 Å². The van der Waals surface area contributed by atoms with Crippen molar-refractivity contribution in [1.29, 1.82) is 0 Å². The van der Waals surface area contributed by atoms with E-state index >= 15 is 0 Å². The lowest BCUT2D eigenvalue weighted by Gasteiger charge is -2.19. The zero-order valence-electron chi connectivity index (χ0n) is 10.2. The average Bonchev–Trinajstić information content (AvgIpc) is 2.76. The lowest BCUT2D eigenvalue weighted by Crippen LogP contribution is -2.30. The number of ether oxygens (including phenoxy) is 1. The maximum Gasteiger partial charge on any atom is 0.119 e. The SMILES string of the molecule is CNC1CCCC1Cc1cccc(OC)c1. The fourth-order valence-corrected chi connectivity index (χ4v) is 2.76. The van der Waals surface area contributed by atoms with Crippen LogP contribution in [0.1, 0.15) is 24.8 Å². The summed E-state index contributed by atoms with van der Waals surface area (Å²) in [4.78, 5) is 0. The van der Waals surface area contributed by atoms with Crippen molar-refractivity contribution in [2.24, 2.45) is 5.92 Å². The van der Waals surface area contributed by atoms with Crippen LogP contribution in [0.25, 0.3) is 0 Å². The maximum absolute atomic E-state index is 5.26. The Hall–Kier alpha value is -1.02. The van der Waals surface area contributed by atoms with Gasteiger partial charge in [-0.2, -0.15) is 0 Å². The molecule has 16 heavy (non-hydrogen) atoms. The first kappa shape index (κ1) is 11.5. The Morgan fingerprint density at radius 1 is 1.38 bits per heavy atom. The molecule has 0 amide bonds. The third kappa shape index (κ3) is 2.56. The van der Waals surface area contributed by atoms with Crippen LogP contribution in [0.4, 0.5) is 0 Å². The van der Waals surface area contributed by atoms with Crippen LogP contribution in [0.2, 0.25) is 0 Å². The van der Waals surface area contributed by atoms with Crippen LogP contribution in [0, 0.1) is 5.92 Å². The molecule has 1 aromatic rings. The third-order valence-electron chi connectivity index (χ3n) is 3.66. The summed E-state index contributed by atoms with van der Waals surface area (Å²) in [6.07, 6.45) is 5.21. The number of hydrogen-bond donors (Lipinski definition) is 1. The van der Waals surface area contributed by atoms with Crippen LogP contribution in [0.15, 0.2) is 24.3 Å². The number of nitrogens with one attached hydrogen (secondary N) is 1. The minimum absolute atomic E-state index is 0.700. The molecule has 0 heterocycles. The Morgan fingerprint density at radius 3 is 3.00 bits per heavy atom. The molecule has 1 aliphatic rings. The summed E-state index contributed by atoms with van der Waals surface area (Å²) < 4.78 is 5.26. The fourth-order valence-electron chi connectivity index (χ4n) is 2.76. The van der Waals surface area contributed by atoms with E-state index in [9.17, 15) is 0 Å². The van der Waals surface area contributed by atoms with Gasteiger partial charge in [0, 0.05) is 6.04 Å². The Labute approximate surface area is 98.0 Å². The topological polar surface area (TPSA) is 21.3 Å². The van der Waals surface area contributed by atoms with Crippen LogP contribution in [-0.2, 0) is 6.42 Å². The van der Waals surface area contributed by atoms with E-state index in [0.29, 0.717) is 6.04 Å². The van der Waals surface area contributed by atoms with E-state index in [4.69, 9.17) is 4.74 Å². The molecule has 2 nitrogen and oxygen atoms in total. The largest absolute Gasteiger partial charge is 0.497 e. The highest BCUT2D eigenvalue weighted by atomic mass is 16.5. The molecule has 1 saturated carbocycles. The fraction of sp³-hybridized carbons (Fsp3) is 0.571. The maximum atomic E-state index is 5.26. The molecule has 0 saturated heterocycles. The Balaban J connectivity index is 2.02. The molecule has 0 aromatic heterocycles. The molecule has 2 atom stereocenters. The van der Waals surface area contributed by atoms with Gasteiger partial charge in [0.25, 0.3) is 0 Å². The predicted octanol–water partition coefficient (Wildman–Crippen LogP) is 2.63. The summed E-state index contributed by atoms with van der Waals surface area (Å²) in [5.41, 5.74) is 1.39. The smallest absolute Gasteiger partial charge is 0.119 e. The van der Waals surface area contributed by atoms with Gasteiger partial charge in [-0.3, -0.25) is 0 Å². The molecule has 1 aliphatic carbocycles.